The summed E-state index contributed by atoms with van der Waals surface area (Å²) < 4.78 is 11.9. The average Bonchev–Trinajstić information content (AvgIpc) is 2.81. The van der Waals surface area contributed by atoms with Gasteiger partial charge in [0.25, 0.3) is 0 Å². The van der Waals surface area contributed by atoms with Crippen LogP contribution < -0.4 is 14.5 Å². The first kappa shape index (κ1) is 18.1. The fourth-order valence-corrected chi connectivity index (χ4v) is 3.86. The van der Waals surface area contributed by atoms with E-state index in [0.29, 0.717) is 5.88 Å². The summed E-state index contributed by atoms with van der Waals surface area (Å²) in [7, 11) is 0. The average molecular weight is 392 g/mol. The lowest BCUT2D eigenvalue weighted by Crippen LogP contribution is -2.39. The number of ether oxygens (including phenoxy) is 2. The third kappa shape index (κ3) is 3.93. The molecule has 0 saturated carbocycles. The molecule has 3 aromatic heterocycles. The first-order valence-corrected chi connectivity index (χ1v) is 10.1. The Balaban J connectivity index is 1.34. The maximum atomic E-state index is 6.41. The molecule has 0 spiro atoms. The molecule has 0 unspecified atom stereocenters. The maximum Gasteiger partial charge on any atom is 0.225 e. The predicted molar refractivity (Wildman–Crippen MR) is 110 cm³/mol. The largest absolute Gasteiger partial charge is 0.474 e. The van der Waals surface area contributed by atoms with E-state index in [0.717, 1.165) is 74.9 Å². The summed E-state index contributed by atoms with van der Waals surface area (Å²) in [4.78, 5) is 22.6. The predicted octanol–water partition coefficient (Wildman–Crippen LogP) is 2.30. The lowest BCUT2D eigenvalue weighted by atomic mass is 10.1. The van der Waals surface area contributed by atoms with Gasteiger partial charge in [0, 0.05) is 63.7 Å². The molecule has 2 fully saturated rings. The zero-order chi connectivity index (χ0) is 19.5. The fraction of sp³-hybridized carbons (Fsp3) is 0.429. The van der Waals surface area contributed by atoms with Crippen molar-refractivity contribution in [3.05, 3.63) is 42.9 Å². The van der Waals surface area contributed by atoms with Crippen LogP contribution in [0.4, 0.5) is 11.8 Å². The molecular weight excluding hydrogens is 368 g/mol. The van der Waals surface area contributed by atoms with E-state index in [9.17, 15) is 0 Å². The van der Waals surface area contributed by atoms with Crippen molar-refractivity contribution in [2.75, 3.05) is 49.2 Å². The molecule has 29 heavy (non-hydrogen) atoms. The van der Waals surface area contributed by atoms with Crippen molar-refractivity contribution < 1.29 is 9.47 Å². The van der Waals surface area contributed by atoms with Gasteiger partial charge in [-0.05, 0) is 18.2 Å². The van der Waals surface area contributed by atoms with E-state index in [1.54, 1.807) is 12.4 Å². The molecular formula is C21H24N6O2. The molecule has 2 aliphatic heterocycles. The Morgan fingerprint density at radius 3 is 2.45 bits per heavy atom. The van der Waals surface area contributed by atoms with Crippen LogP contribution in [0.2, 0.25) is 0 Å². The summed E-state index contributed by atoms with van der Waals surface area (Å²) in [6, 6.07) is 7.84. The van der Waals surface area contributed by atoms with Crippen molar-refractivity contribution in [3.63, 3.8) is 0 Å². The van der Waals surface area contributed by atoms with Crippen molar-refractivity contribution in [3.8, 4) is 5.88 Å². The van der Waals surface area contributed by atoms with Crippen molar-refractivity contribution in [1.29, 1.82) is 0 Å². The van der Waals surface area contributed by atoms with Crippen LogP contribution in [0.25, 0.3) is 10.9 Å². The van der Waals surface area contributed by atoms with Gasteiger partial charge >= 0.3 is 0 Å². The SMILES string of the molecule is c1cnc(N2CCC(Oc3nc(N4CCOCC4)cc4ncccc34)CC2)nc1. The Bertz CT molecular complexity index is 956. The number of fused-ring (bicyclic) bond motifs is 1. The lowest BCUT2D eigenvalue weighted by molar-refractivity contribution is 0.122. The fourth-order valence-electron chi connectivity index (χ4n) is 3.86. The summed E-state index contributed by atoms with van der Waals surface area (Å²) >= 11 is 0. The van der Waals surface area contributed by atoms with Gasteiger partial charge in [0.15, 0.2) is 0 Å². The Kier molecular flexibility index (Phi) is 5.08. The number of morpholine rings is 1. The highest BCUT2D eigenvalue weighted by atomic mass is 16.5. The molecule has 0 amide bonds. The van der Waals surface area contributed by atoms with E-state index in [-0.39, 0.29) is 6.10 Å². The first-order chi connectivity index (χ1) is 14.4. The van der Waals surface area contributed by atoms with Gasteiger partial charge in [0.05, 0.1) is 24.1 Å². The minimum Gasteiger partial charge on any atom is -0.474 e. The van der Waals surface area contributed by atoms with Crippen molar-refractivity contribution >= 4 is 22.7 Å². The number of hydrogen-bond acceptors (Lipinski definition) is 8. The van der Waals surface area contributed by atoms with Gasteiger partial charge in [0.2, 0.25) is 11.8 Å². The molecule has 0 aliphatic carbocycles. The van der Waals surface area contributed by atoms with Crippen LogP contribution in [0.15, 0.2) is 42.9 Å². The van der Waals surface area contributed by atoms with Gasteiger partial charge in [-0.1, -0.05) is 0 Å². The van der Waals surface area contributed by atoms with Gasteiger partial charge < -0.3 is 19.3 Å². The van der Waals surface area contributed by atoms with Crippen molar-refractivity contribution in [1.82, 2.24) is 19.9 Å². The highest BCUT2D eigenvalue weighted by molar-refractivity contribution is 5.85. The molecule has 8 nitrogen and oxygen atoms in total. The molecule has 5 rings (SSSR count). The summed E-state index contributed by atoms with van der Waals surface area (Å²) in [6.45, 7) is 4.85. The number of rotatable bonds is 4. The zero-order valence-electron chi connectivity index (χ0n) is 16.3. The highest BCUT2D eigenvalue weighted by Gasteiger charge is 2.24. The van der Waals surface area contributed by atoms with E-state index < -0.39 is 0 Å². The highest BCUT2D eigenvalue weighted by Crippen LogP contribution is 2.29. The number of nitrogens with zero attached hydrogens (tertiary/aromatic N) is 6. The second-order valence-corrected chi connectivity index (χ2v) is 7.31. The van der Waals surface area contributed by atoms with Gasteiger partial charge in [-0.25, -0.2) is 9.97 Å². The van der Waals surface area contributed by atoms with Crippen LogP contribution in [0, 0.1) is 0 Å². The van der Waals surface area contributed by atoms with Crippen molar-refractivity contribution in [2.45, 2.75) is 18.9 Å². The molecule has 8 heteroatoms. The summed E-state index contributed by atoms with van der Waals surface area (Å²) in [5, 5.41) is 0.957. The topological polar surface area (TPSA) is 76.5 Å². The Morgan fingerprint density at radius 2 is 1.66 bits per heavy atom. The van der Waals surface area contributed by atoms with E-state index in [1.165, 1.54) is 0 Å². The normalized spacial score (nSPS) is 18.2. The zero-order valence-corrected chi connectivity index (χ0v) is 16.3. The van der Waals surface area contributed by atoms with E-state index in [1.807, 2.05) is 30.5 Å². The summed E-state index contributed by atoms with van der Waals surface area (Å²) in [6.07, 6.45) is 7.31. The minimum atomic E-state index is 0.116. The molecule has 0 bridgehead atoms. The quantitative estimate of drug-likeness (QED) is 0.670. The molecule has 0 aromatic carbocycles. The molecule has 5 heterocycles. The number of pyridine rings is 2. The molecule has 2 aliphatic rings. The van der Waals surface area contributed by atoms with E-state index >= 15 is 0 Å². The van der Waals surface area contributed by atoms with Gasteiger partial charge in [-0.15, -0.1) is 0 Å². The van der Waals surface area contributed by atoms with Gasteiger partial charge in [-0.3, -0.25) is 4.98 Å². The van der Waals surface area contributed by atoms with Crippen LogP contribution in [-0.2, 0) is 4.74 Å². The summed E-state index contributed by atoms with van der Waals surface area (Å²) in [5.41, 5.74) is 0.911. The Morgan fingerprint density at radius 1 is 0.897 bits per heavy atom. The Labute approximate surface area is 169 Å². The maximum absolute atomic E-state index is 6.41. The summed E-state index contributed by atoms with van der Waals surface area (Å²) in [5.74, 6) is 2.36. The van der Waals surface area contributed by atoms with Crippen molar-refractivity contribution in [2.24, 2.45) is 0 Å². The molecule has 150 valence electrons. The third-order valence-electron chi connectivity index (χ3n) is 5.44. The lowest BCUT2D eigenvalue weighted by Gasteiger charge is -2.32. The number of aromatic nitrogens is 4. The minimum absolute atomic E-state index is 0.116. The second kappa shape index (κ2) is 8.16. The first-order valence-electron chi connectivity index (χ1n) is 10.1. The van der Waals surface area contributed by atoms with Gasteiger partial charge in [-0.2, -0.15) is 4.98 Å². The smallest absolute Gasteiger partial charge is 0.225 e. The van der Waals surface area contributed by atoms with Crippen LogP contribution in [0.5, 0.6) is 5.88 Å². The molecule has 0 atom stereocenters. The third-order valence-corrected chi connectivity index (χ3v) is 5.44. The van der Waals surface area contributed by atoms with Crippen LogP contribution in [0.3, 0.4) is 0 Å². The molecule has 0 N–H and O–H groups in total. The number of hydrogen-bond donors (Lipinski definition) is 0. The van der Waals surface area contributed by atoms with Gasteiger partial charge in [0.1, 0.15) is 11.9 Å². The Hall–Kier alpha value is -3.00. The van der Waals surface area contributed by atoms with E-state index in [4.69, 9.17) is 14.5 Å². The van der Waals surface area contributed by atoms with Crippen LogP contribution in [-0.4, -0.2) is 65.4 Å². The standard InChI is InChI=1S/C21H24N6O2/c1-3-17-18(22-6-1)15-19(26-11-13-28-14-12-26)25-20(17)29-16-4-9-27(10-5-16)21-23-7-2-8-24-21/h1-3,6-8,15-16H,4-5,9-14H2. The second-order valence-electron chi connectivity index (χ2n) is 7.31. The molecule has 0 radical (unpaired) electrons. The molecule has 3 aromatic rings. The van der Waals surface area contributed by atoms with Crippen LogP contribution >= 0.6 is 0 Å². The van der Waals surface area contributed by atoms with Crippen LogP contribution in [0.1, 0.15) is 12.8 Å². The molecule has 2 saturated heterocycles. The monoisotopic (exact) mass is 392 g/mol. The number of piperidine rings is 1. The van der Waals surface area contributed by atoms with E-state index in [2.05, 4.69) is 24.8 Å². The number of anilines is 2.